The second kappa shape index (κ2) is 9.23. The smallest absolute Gasteiger partial charge is 0.328 e. The van der Waals surface area contributed by atoms with Crippen LogP contribution in [0.2, 0.25) is 0 Å². The van der Waals surface area contributed by atoms with Crippen LogP contribution in [0, 0.1) is 17.7 Å². The number of carbonyl (C=O) groups is 1. The Bertz CT molecular complexity index is 1030. The number of hydrogen-bond acceptors (Lipinski definition) is 5. The van der Waals surface area contributed by atoms with Gasteiger partial charge < -0.3 is 14.7 Å². The second-order valence-electron chi connectivity index (χ2n) is 9.14. The summed E-state index contributed by atoms with van der Waals surface area (Å²) in [4.78, 5) is 29.7. The molecule has 2 fully saturated rings. The van der Waals surface area contributed by atoms with Gasteiger partial charge in [-0.1, -0.05) is 0 Å². The lowest BCUT2D eigenvalue weighted by Crippen LogP contribution is -2.52. The number of aliphatic hydroxyl groups is 1. The van der Waals surface area contributed by atoms with E-state index in [-0.39, 0.29) is 23.3 Å². The van der Waals surface area contributed by atoms with Gasteiger partial charge in [-0.3, -0.25) is 18.8 Å². The third-order valence-electron chi connectivity index (χ3n) is 7.21. The highest BCUT2D eigenvalue weighted by Gasteiger charge is 2.32. The SMILES string of the molecule is COc1cc2c(cc1F)n(C)c(=O)n2CC1CCC(C(=O)N2CCN(C(C)O)CC2)CC1. The maximum atomic E-state index is 14.1. The van der Waals surface area contributed by atoms with Crippen LogP contribution in [0.5, 0.6) is 5.75 Å². The summed E-state index contributed by atoms with van der Waals surface area (Å²) >= 11 is 0. The summed E-state index contributed by atoms with van der Waals surface area (Å²) in [6.45, 7) is 5.03. The summed E-state index contributed by atoms with van der Waals surface area (Å²) in [5, 5.41) is 9.70. The third-order valence-corrected chi connectivity index (χ3v) is 7.21. The zero-order chi connectivity index (χ0) is 23.0. The minimum Gasteiger partial charge on any atom is -0.494 e. The maximum absolute atomic E-state index is 14.1. The van der Waals surface area contributed by atoms with E-state index in [0.29, 0.717) is 49.7 Å². The fourth-order valence-corrected chi connectivity index (χ4v) is 5.16. The van der Waals surface area contributed by atoms with E-state index in [4.69, 9.17) is 4.74 Å². The number of fused-ring (bicyclic) bond motifs is 1. The van der Waals surface area contributed by atoms with Crippen LogP contribution in [0.4, 0.5) is 4.39 Å². The Balaban J connectivity index is 1.39. The Morgan fingerprint density at radius 2 is 1.81 bits per heavy atom. The van der Waals surface area contributed by atoms with Gasteiger partial charge in [-0.25, -0.2) is 9.18 Å². The van der Waals surface area contributed by atoms with Crippen LogP contribution < -0.4 is 10.4 Å². The van der Waals surface area contributed by atoms with E-state index in [1.165, 1.54) is 17.7 Å². The highest BCUT2D eigenvalue weighted by molar-refractivity contribution is 5.79. The number of benzene rings is 1. The van der Waals surface area contributed by atoms with Crippen molar-refractivity contribution in [2.75, 3.05) is 33.3 Å². The molecule has 1 aromatic heterocycles. The Hall–Kier alpha value is -2.39. The molecule has 1 saturated heterocycles. The number of amides is 1. The van der Waals surface area contributed by atoms with Crippen LogP contribution in [0.25, 0.3) is 11.0 Å². The van der Waals surface area contributed by atoms with Crippen molar-refractivity contribution < 1.29 is 19.0 Å². The molecule has 0 spiro atoms. The molecule has 1 N–H and O–H groups in total. The molecule has 9 heteroatoms. The number of nitrogens with zero attached hydrogens (tertiary/aromatic N) is 4. The summed E-state index contributed by atoms with van der Waals surface area (Å²) in [5.74, 6) is 0.187. The summed E-state index contributed by atoms with van der Waals surface area (Å²) in [7, 11) is 3.07. The predicted octanol–water partition coefficient (Wildman–Crippen LogP) is 1.78. The van der Waals surface area contributed by atoms with Crippen LogP contribution in [-0.2, 0) is 18.4 Å². The standard InChI is InChI=1S/C23H33FN4O4/c1-15(29)26-8-10-27(11-9-26)22(30)17-6-4-16(5-7-17)14-28-20-13-21(32-3)18(24)12-19(20)25(2)23(28)31/h12-13,15-17,29H,4-11,14H2,1-3H3. The molecule has 1 atom stereocenters. The van der Waals surface area contributed by atoms with Crippen molar-refractivity contribution in [3.05, 3.63) is 28.4 Å². The minimum atomic E-state index is -0.485. The highest BCUT2D eigenvalue weighted by atomic mass is 19.1. The molecule has 32 heavy (non-hydrogen) atoms. The molecule has 1 aromatic carbocycles. The molecule has 2 aromatic rings. The van der Waals surface area contributed by atoms with Gasteiger partial charge in [0.05, 0.1) is 18.1 Å². The first kappa shape index (κ1) is 22.8. The fraction of sp³-hybridized carbons (Fsp3) is 0.652. The maximum Gasteiger partial charge on any atom is 0.328 e. The number of carbonyl (C=O) groups excluding carboxylic acids is 1. The number of aliphatic hydroxyl groups excluding tert-OH is 1. The number of methoxy groups -OCH3 is 1. The largest absolute Gasteiger partial charge is 0.494 e. The number of rotatable bonds is 5. The van der Waals surface area contributed by atoms with Crippen molar-refractivity contribution in [3.8, 4) is 5.75 Å². The molecule has 1 saturated carbocycles. The van der Waals surface area contributed by atoms with E-state index in [1.54, 1.807) is 24.6 Å². The van der Waals surface area contributed by atoms with E-state index in [9.17, 15) is 19.1 Å². The molecule has 0 bridgehead atoms. The first-order valence-electron chi connectivity index (χ1n) is 11.4. The summed E-state index contributed by atoms with van der Waals surface area (Å²) in [6.07, 6.45) is 2.92. The van der Waals surface area contributed by atoms with Crippen molar-refractivity contribution in [1.29, 1.82) is 0 Å². The van der Waals surface area contributed by atoms with Crippen LogP contribution in [0.15, 0.2) is 16.9 Å². The predicted molar refractivity (Wildman–Crippen MR) is 119 cm³/mol. The molecule has 8 nitrogen and oxygen atoms in total. The van der Waals surface area contributed by atoms with Gasteiger partial charge in [0.1, 0.15) is 6.23 Å². The molecule has 1 aliphatic carbocycles. The van der Waals surface area contributed by atoms with E-state index < -0.39 is 12.0 Å². The lowest BCUT2D eigenvalue weighted by atomic mass is 9.81. The Labute approximate surface area is 187 Å². The number of halogens is 1. The van der Waals surface area contributed by atoms with Crippen molar-refractivity contribution in [3.63, 3.8) is 0 Å². The third kappa shape index (κ3) is 4.28. The van der Waals surface area contributed by atoms with Gasteiger partial charge in [0.2, 0.25) is 5.91 Å². The van der Waals surface area contributed by atoms with Crippen LogP contribution in [0.1, 0.15) is 32.6 Å². The van der Waals surface area contributed by atoms with Gasteiger partial charge in [0, 0.05) is 57.8 Å². The summed E-state index contributed by atoms with van der Waals surface area (Å²) in [5.41, 5.74) is 1.06. The zero-order valence-corrected chi connectivity index (χ0v) is 19.1. The van der Waals surface area contributed by atoms with Gasteiger partial charge in [-0.15, -0.1) is 0 Å². The lowest BCUT2D eigenvalue weighted by Gasteiger charge is -2.38. The van der Waals surface area contributed by atoms with Gasteiger partial charge in [0.15, 0.2) is 11.6 Å². The Morgan fingerprint density at radius 1 is 1.16 bits per heavy atom. The van der Waals surface area contributed by atoms with Gasteiger partial charge >= 0.3 is 5.69 Å². The van der Waals surface area contributed by atoms with E-state index >= 15 is 0 Å². The van der Waals surface area contributed by atoms with E-state index in [2.05, 4.69) is 0 Å². The van der Waals surface area contributed by atoms with E-state index in [0.717, 1.165) is 25.7 Å². The Morgan fingerprint density at radius 3 is 2.41 bits per heavy atom. The highest BCUT2D eigenvalue weighted by Crippen LogP contribution is 2.32. The van der Waals surface area contributed by atoms with Gasteiger partial charge in [-0.2, -0.15) is 0 Å². The minimum absolute atomic E-state index is 0.0304. The van der Waals surface area contributed by atoms with Crippen molar-refractivity contribution in [2.45, 2.75) is 45.4 Å². The second-order valence-corrected chi connectivity index (χ2v) is 9.14. The molecule has 0 radical (unpaired) electrons. The van der Waals surface area contributed by atoms with Gasteiger partial charge in [0.25, 0.3) is 0 Å². The monoisotopic (exact) mass is 448 g/mol. The first-order valence-corrected chi connectivity index (χ1v) is 11.4. The number of piperazine rings is 1. The quantitative estimate of drug-likeness (QED) is 0.754. The topological polar surface area (TPSA) is 79.9 Å². The summed E-state index contributed by atoms with van der Waals surface area (Å²) in [6, 6.07) is 2.94. The average Bonchev–Trinajstić information content (AvgIpc) is 3.02. The molecular weight excluding hydrogens is 415 g/mol. The molecule has 1 aliphatic heterocycles. The number of aryl methyl sites for hydroxylation is 1. The average molecular weight is 449 g/mol. The molecule has 2 aliphatic rings. The normalized spacial score (nSPS) is 23.5. The molecule has 1 unspecified atom stereocenters. The number of aromatic nitrogens is 2. The Kier molecular flexibility index (Phi) is 6.57. The number of imidazole rings is 1. The van der Waals surface area contributed by atoms with E-state index in [1.807, 2.05) is 9.80 Å². The van der Waals surface area contributed by atoms with Crippen molar-refractivity contribution in [2.24, 2.45) is 18.9 Å². The van der Waals surface area contributed by atoms with Crippen LogP contribution >= 0.6 is 0 Å². The fourth-order valence-electron chi connectivity index (χ4n) is 5.16. The van der Waals surface area contributed by atoms with Crippen LogP contribution in [-0.4, -0.2) is 69.5 Å². The van der Waals surface area contributed by atoms with Gasteiger partial charge in [-0.05, 0) is 38.5 Å². The summed E-state index contributed by atoms with van der Waals surface area (Å²) < 4.78 is 22.4. The van der Waals surface area contributed by atoms with Crippen LogP contribution in [0.3, 0.4) is 0 Å². The van der Waals surface area contributed by atoms with Crippen molar-refractivity contribution in [1.82, 2.24) is 18.9 Å². The zero-order valence-electron chi connectivity index (χ0n) is 19.1. The molecule has 1 amide bonds. The lowest BCUT2D eigenvalue weighted by molar-refractivity contribution is -0.140. The number of ether oxygens (including phenoxy) is 1. The number of hydrogen-bond donors (Lipinski definition) is 1. The molecule has 4 rings (SSSR count). The van der Waals surface area contributed by atoms with Crippen molar-refractivity contribution >= 4 is 16.9 Å². The molecule has 176 valence electrons. The first-order chi connectivity index (χ1) is 15.3. The molecule has 2 heterocycles. The molecular formula is C23H33FN4O4.